The van der Waals surface area contributed by atoms with Gasteiger partial charge >= 0.3 is 11.7 Å². The topological polar surface area (TPSA) is 147 Å². The molecule has 4 N–H and O–H groups in total. The van der Waals surface area contributed by atoms with E-state index in [1.165, 1.54) is 16.8 Å². The van der Waals surface area contributed by atoms with Gasteiger partial charge in [-0.3, -0.25) is 23.9 Å². The van der Waals surface area contributed by atoms with Crippen LogP contribution in [0.1, 0.15) is 37.3 Å². The molecule has 2 aromatic rings. The number of nitrogens with one attached hydrogen (secondary N) is 2. The summed E-state index contributed by atoms with van der Waals surface area (Å²) >= 11 is 0. The van der Waals surface area contributed by atoms with Gasteiger partial charge in [0.15, 0.2) is 0 Å². The summed E-state index contributed by atoms with van der Waals surface area (Å²) in [6.07, 6.45) is 4.14. The van der Waals surface area contributed by atoms with Gasteiger partial charge in [-0.2, -0.15) is 0 Å². The molecule has 1 aromatic carbocycles. The summed E-state index contributed by atoms with van der Waals surface area (Å²) in [5.41, 5.74) is 5.30. The van der Waals surface area contributed by atoms with Crippen LogP contribution in [0.15, 0.2) is 40.1 Å². The molecule has 4 amide bonds. The molecule has 1 spiro atoms. The molecule has 1 aliphatic heterocycles. The van der Waals surface area contributed by atoms with Crippen LogP contribution in [0, 0.1) is 11.8 Å². The lowest BCUT2D eigenvalue weighted by atomic mass is 9.89. The number of nitrogens with two attached hydrogens (primary N) is 1. The lowest BCUT2D eigenvalue weighted by molar-refractivity contribution is -0.139. The van der Waals surface area contributed by atoms with E-state index in [4.69, 9.17) is 5.73 Å². The van der Waals surface area contributed by atoms with Crippen LogP contribution >= 0.6 is 0 Å². The van der Waals surface area contributed by atoms with Gasteiger partial charge < -0.3 is 11.1 Å². The number of carbonyl (C=O) groups is 3. The van der Waals surface area contributed by atoms with Gasteiger partial charge in [0.2, 0.25) is 5.91 Å². The van der Waals surface area contributed by atoms with Crippen LogP contribution < -0.4 is 22.3 Å². The van der Waals surface area contributed by atoms with Crippen LogP contribution in [0.3, 0.4) is 0 Å². The number of carbonyl (C=O) groups excluding carboxylic acids is 3. The minimum Gasteiger partial charge on any atom is -0.368 e. The predicted octanol–water partition coefficient (Wildman–Crippen LogP) is 0.119. The minimum atomic E-state index is -1.25. The number of urea groups is 1. The zero-order chi connectivity index (χ0) is 22.8. The van der Waals surface area contributed by atoms with Gasteiger partial charge in [-0.05, 0) is 60.8 Å². The molecule has 1 aromatic heterocycles. The molecule has 1 saturated carbocycles. The number of primary amides is 1. The van der Waals surface area contributed by atoms with Crippen LogP contribution in [0.2, 0.25) is 0 Å². The molecule has 166 valence electrons. The van der Waals surface area contributed by atoms with Crippen LogP contribution in [-0.2, 0) is 21.5 Å². The quantitative estimate of drug-likeness (QED) is 0.569. The van der Waals surface area contributed by atoms with Crippen molar-refractivity contribution in [3.8, 4) is 5.69 Å². The second-order valence-electron chi connectivity index (χ2n) is 8.88. The van der Waals surface area contributed by atoms with Gasteiger partial charge in [0.25, 0.3) is 11.5 Å². The summed E-state index contributed by atoms with van der Waals surface area (Å²) in [5.74, 6) is -1.08. The fourth-order valence-corrected chi connectivity index (χ4v) is 5.13. The summed E-state index contributed by atoms with van der Waals surface area (Å²) in [6, 6.07) is 4.79. The molecule has 0 bridgehead atoms. The van der Waals surface area contributed by atoms with Gasteiger partial charge in [-0.15, -0.1) is 0 Å². The number of H-pyrrole nitrogens is 1. The van der Waals surface area contributed by atoms with Gasteiger partial charge in [-0.1, -0.05) is 13.0 Å². The van der Waals surface area contributed by atoms with E-state index in [9.17, 15) is 24.0 Å². The molecule has 10 nitrogen and oxygen atoms in total. The number of aryl methyl sites for hydroxylation is 1. The number of aromatic amines is 1. The van der Waals surface area contributed by atoms with Crippen molar-refractivity contribution in [2.24, 2.45) is 17.6 Å². The van der Waals surface area contributed by atoms with Crippen LogP contribution in [0.4, 0.5) is 4.79 Å². The molecule has 2 unspecified atom stereocenters. The number of benzene rings is 1. The average Bonchev–Trinajstić information content (AvgIpc) is 3.49. The third-order valence-electron chi connectivity index (χ3n) is 6.98. The highest BCUT2D eigenvalue weighted by atomic mass is 16.2. The Hall–Kier alpha value is -3.69. The summed E-state index contributed by atoms with van der Waals surface area (Å²) in [7, 11) is 0. The number of fused-ring (bicyclic) bond motifs is 2. The summed E-state index contributed by atoms with van der Waals surface area (Å²) in [4.78, 5) is 65.5. The van der Waals surface area contributed by atoms with Crippen molar-refractivity contribution < 1.29 is 14.4 Å². The second-order valence-corrected chi connectivity index (χ2v) is 8.88. The Bertz CT molecular complexity index is 1280. The lowest BCUT2D eigenvalue weighted by Gasteiger charge is -2.29. The predicted molar refractivity (Wildman–Crippen MR) is 113 cm³/mol. The first-order chi connectivity index (χ1) is 15.2. The minimum absolute atomic E-state index is 0.201. The third kappa shape index (κ3) is 2.89. The van der Waals surface area contributed by atoms with Crippen molar-refractivity contribution in [1.82, 2.24) is 19.8 Å². The van der Waals surface area contributed by atoms with Gasteiger partial charge in [0.05, 0.1) is 5.69 Å². The van der Waals surface area contributed by atoms with E-state index in [1.807, 2.05) is 6.92 Å². The summed E-state index contributed by atoms with van der Waals surface area (Å²) < 4.78 is 1.30. The Morgan fingerprint density at radius 2 is 1.94 bits per heavy atom. The van der Waals surface area contributed by atoms with E-state index < -0.39 is 40.7 Å². The van der Waals surface area contributed by atoms with Crippen molar-refractivity contribution in [2.75, 3.05) is 0 Å². The van der Waals surface area contributed by atoms with Crippen molar-refractivity contribution >= 4 is 17.8 Å². The maximum Gasteiger partial charge on any atom is 0.332 e. The lowest BCUT2D eigenvalue weighted by Crippen LogP contribution is -2.53. The van der Waals surface area contributed by atoms with Crippen LogP contribution in [-0.4, -0.2) is 38.3 Å². The zero-order valence-electron chi connectivity index (χ0n) is 17.5. The molecule has 2 aliphatic carbocycles. The van der Waals surface area contributed by atoms with E-state index in [-0.39, 0.29) is 11.8 Å². The van der Waals surface area contributed by atoms with E-state index >= 15 is 0 Å². The number of imide groups is 1. The highest BCUT2D eigenvalue weighted by molar-refractivity contribution is 6.10. The Balaban J connectivity index is 1.52. The van der Waals surface area contributed by atoms with Crippen molar-refractivity contribution in [3.05, 3.63) is 62.4 Å². The number of rotatable bonds is 5. The van der Waals surface area contributed by atoms with E-state index in [0.29, 0.717) is 24.1 Å². The number of hydrogen-bond donors (Lipinski definition) is 3. The van der Waals surface area contributed by atoms with Crippen molar-refractivity contribution in [1.29, 1.82) is 0 Å². The molecule has 1 saturated heterocycles. The Morgan fingerprint density at radius 1 is 1.19 bits per heavy atom. The van der Waals surface area contributed by atoms with E-state index in [2.05, 4.69) is 10.3 Å². The van der Waals surface area contributed by atoms with Crippen LogP contribution in [0.5, 0.6) is 0 Å². The Labute approximate surface area is 182 Å². The normalized spacial score (nSPS) is 23.8. The Morgan fingerprint density at radius 3 is 2.59 bits per heavy atom. The summed E-state index contributed by atoms with van der Waals surface area (Å²) in [5, 5.41) is 2.83. The molecule has 2 fully saturated rings. The molecule has 5 rings (SSSR count). The van der Waals surface area contributed by atoms with E-state index in [1.54, 1.807) is 18.2 Å². The summed E-state index contributed by atoms with van der Waals surface area (Å²) in [6.45, 7) is 1.86. The highest BCUT2D eigenvalue weighted by Gasteiger charge is 2.59. The van der Waals surface area contributed by atoms with Gasteiger partial charge in [0.1, 0.15) is 11.6 Å². The molecule has 3 atom stereocenters. The van der Waals surface area contributed by atoms with Crippen molar-refractivity contribution in [2.45, 2.75) is 44.2 Å². The van der Waals surface area contributed by atoms with Gasteiger partial charge in [-0.25, -0.2) is 14.5 Å². The molecule has 3 aliphatic rings. The second kappa shape index (κ2) is 6.91. The zero-order valence-corrected chi connectivity index (χ0v) is 17.5. The first kappa shape index (κ1) is 20.2. The molecule has 2 heterocycles. The molecule has 0 radical (unpaired) electrons. The number of amides is 4. The fraction of sp³-hybridized carbons (Fsp3) is 0.409. The smallest absolute Gasteiger partial charge is 0.332 e. The van der Waals surface area contributed by atoms with Crippen molar-refractivity contribution in [3.63, 3.8) is 0 Å². The SMILES string of the molecule is C[C@@H](C1CC1)C(C(N)=O)N1C(=O)NC2(CCc3cc(-n4ccc(=O)[nH]c4=O)ccc32)C1=O. The Kier molecular flexibility index (Phi) is 4.37. The average molecular weight is 437 g/mol. The largest absolute Gasteiger partial charge is 0.368 e. The number of hydrogen-bond acceptors (Lipinski definition) is 5. The van der Waals surface area contributed by atoms with E-state index in [0.717, 1.165) is 23.3 Å². The molecule has 32 heavy (non-hydrogen) atoms. The third-order valence-corrected chi connectivity index (χ3v) is 6.98. The highest BCUT2D eigenvalue weighted by Crippen LogP contribution is 2.45. The fourth-order valence-electron chi connectivity index (χ4n) is 5.13. The maximum atomic E-state index is 13.6. The molecular weight excluding hydrogens is 414 g/mol. The molecular formula is C22H23N5O5. The first-order valence-electron chi connectivity index (χ1n) is 10.6. The number of nitrogens with zero attached hydrogens (tertiary/aromatic N) is 2. The number of aromatic nitrogens is 2. The van der Waals surface area contributed by atoms with Crippen LogP contribution in [0.25, 0.3) is 5.69 Å². The standard InChI is InChI=1S/C22H23N5O5/c1-11(12-2-3-12)17(18(23)29)27-19(30)22(25-21(27)32)8-6-13-10-14(4-5-15(13)22)26-9-7-16(28)24-20(26)31/h4-5,7,9-12,17H,2-3,6,8H2,1H3,(H2,23,29)(H,25,32)(H,24,28,31)/t11-,17?,22?/m0/s1. The maximum absolute atomic E-state index is 13.6. The molecule has 10 heteroatoms. The van der Waals surface area contributed by atoms with Gasteiger partial charge in [0, 0.05) is 12.3 Å². The monoisotopic (exact) mass is 437 g/mol. The first-order valence-corrected chi connectivity index (χ1v) is 10.6.